The van der Waals surface area contributed by atoms with E-state index >= 15 is 0 Å². The Balaban J connectivity index is 1.52. The van der Waals surface area contributed by atoms with Gasteiger partial charge >= 0.3 is 11.9 Å². The van der Waals surface area contributed by atoms with Crippen LogP contribution < -0.4 is 29.1 Å². The lowest BCUT2D eigenvalue weighted by atomic mass is 9.95. The lowest BCUT2D eigenvalue weighted by Crippen LogP contribution is -2.40. The molecule has 0 spiro atoms. The molecule has 0 radical (unpaired) electrons. The van der Waals surface area contributed by atoms with Crippen molar-refractivity contribution in [3.8, 4) is 34.2 Å². The van der Waals surface area contributed by atoms with Crippen molar-refractivity contribution in [1.82, 2.24) is 14.3 Å². The first-order valence-corrected chi connectivity index (χ1v) is 17.0. The first-order chi connectivity index (χ1) is 24.2. The Morgan fingerprint density at radius 1 is 1.00 bits per heavy atom. The summed E-state index contributed by atoms with van der Waals surface area (Å²) in [6.45, 7) is 7.55. The number of esters is 2. The summed E-state index contributed by atoms with van der Waals surface area (Å²) >= 11 is 1.21. The summed E-state index contributed by atoms with van der Waals surface area (Å²) in [5, 5.41) is 4.93. The number of methoxy groups -OCH3 is 1. The van der Waals surface area contributed by atoms with Crippen molar-refractivity contribution < 1.29 is 28.5 Å². The lowest BCUT2D eigenvalue weighted by molar-refractivity contribution is -0.139. The number of hydrogen-bond donors (Lipinski definition) is 0. The average molecular weight is 693 g/mol. The predicted octanol–water partition coefficient (Wildman–Crippen LogP) is 5.37. The molecule has 0 bridgehead atoms. The average Bonchev–Trinajstić information content (AvgIpc) is 3.67. The third kappa shape index (κ3) is 6.88. The maximum absolute atomic E-state index is 14.4. The van der Waals surface area contributed by atoms with E-state index in [0.29, 0.717) is 38.5 Å². The number of aromatic nitrogens is 3. The predicted molar refractivity (Wildman–Crippen MR) is 189 cm³/mol. The fourth-order valence-electron chi connectivity index (χ4n) is 5.70. The van der Waals surface area contributed by atoms with E-state index in [1.165, 1.54) is 29.9 Å². The van der Waals surface area contributed by atoms with E-state index in [1.54, 1.807) is 42.8 Å². The minimum atomic E-state index is -0.894. The minimum absolute atomic E-state index is 0.140. The van der Waals surface area contributed by atoms with Gasteiger partial charge in [-0.05, 0) is 80.4 Å². The van der Waals surface area contributed by atoms with Crippen LogP contribution in [0.1, 0.15) is 51.3 Å². The van der Waals surface area contributed by atoms with Crippen molar-refractivity contribution in [1.29, 1.82) is 0 Å². The van der Waals surface area contributed by atoms with Gasteiger partial charge < -0.3 is 18.9 Å². The second kappa shape index (κ2) is 14.8. The molecule has 0 saturated carbocycles. The number of carbonyl (C=O) groups excluding carboxylic acids is 2. The fourth-order valence-corrected chi connectivity index (χ4v) is 6.74. The molecule has 0 N–H and O–H groups in total. The highest BCUT2D eigenvalue weighted by molar-refractivity contribution is 7.07. The van der Waals surface area contributed by atoms with Gasteiger partial charge in [-0.3, -0.25) is 14.2 Å². The molecule has 0 saturated heterocycles. The van der Waals surface area contributed by atoms with Crippen LogP contribution in [0, 0.1) is 0 Å². The molecule has 5 aromatic rings. The van der Waals surface area contributed by atoms with Crippen LogP contribution in [0.15, 0.2) is 100 Å². The van der Waals surface area contributed by atoms with E-state index < -0.39 is 18.0 Å². The number of ether oxygens (including phenoxy) is 4. The number of para-hydroxylation sites is 1. The Labute approximate surface area is 292 Å². The van der Waals surface area contributed by atoms with Crippen molar-refractivity contribution in [2.24, 2.45) is 4.99 Å². The third-order valence-corrected chi connectivity index (χ3v) is 8.91. The molecule has 1 aliphatic rings. The van der Waals surface area contributed by atoms with Crippen molar-refractivity contribution in [3.63, 3.8) is 0 Å². The van der Waals surface area contributed by atoms with E-state index in [1.807, 2.05) is 60.8 Å². The van der Waals surface area contributed by atoms with Crippen molar-refractivity contribution in [3.05, 3.63) is 121 Å². The standard InChI is InChI=1S/C38H36N4O7S/c1-6-19-48-29-16-13-25(14-17-29)34-27(22-41(40-34)28-11-9-8-10-12-28)21-32-36(44)42-35(26-15-18-30(49-24(4)43)31(20-26)46-5)33(37(45)47-7-2)23(3)39-38(42)50-32/h8-18,20-22,35H,6-7,19H2,1-5H3/b32-21+. The molecule has 0 aliphatic carbocycles. The highest BCUT2D eigenvalue weighted by Gasteiger charge is 2.34. The molecule has 0 fully saturated rings. The number of hydrogen-bond acceptors (Lipinski definition) is 10. The molecule has 1 unspecified atom stereocenters. The molecular weight excluding hydrogens is 657 g/mol. The zero-order valence-electron chi connectivity index (χ0n) is 28.3. The normalized spacial score (nSPS) is 14.2. The second-order valence-corrected chi connectivity index (χ2v) is 12.4. The summed E-state index contributed by atoms with van der Waals surface area (Å²) in [5.74, 6) is 0.138. The van der Waals surface area contributed by atoms with Gasteiger partial charge in [0.2, 0.25) is 0 Å². The summed E-state index contributed by atoms with van der Waals surface area (Å²) in [5.41, 5.74) is 3.94. The number of fused-ring (bicyclic) bond motifs is 1. The van der Waals surface area contributed by atoms with Crippen LogP contribution in [0.5, 0.6) is 17.2 Å². The molecule has 1 aliphatic heterocycles. The number of nitrogens with zero attached hydrogens (tertiary/aromatic N) is 4. The molecule has 0 amide bonds. The summed E-state index contributed by atoms with van der Waals surface area (Å²) in [6.07, 6.45) is 4.59. The van der Waals surface area contributed by atoms with Crippen LogP contribution in [0.4, 0.5) is 0 Å². The molecular formula is C38H36N4O7S. The summed E-state index contributed by atoms with van der Waals surface area (Å²) in [4.78, 5) is 44.7. The lowest BCUT2D eigenvalue weighted by Gasteiger charge is -2.25. The van der Waals surface area contributed by atoms with E-state index in [9.17, 15) is 14.4 Å². The van der Waals surface area contributed by atoms with Gasteiger partial charge in [0.05, 0.1) is 47.9 Å². The molecule has 11 nitrogen and oxygen atoms in total. The molecule has 3 aromatic carbocycles. The molecule has 2 aromatic heterocycles. The largest absolute Gasteiger partial charge is 0.494 e. The zero-order valence-corrected chi connectivity index (χ0v) is 29.2. The number of allylic oxidation sites excluding steroid dienone is 1. The number of benzene rings is 3. The summed E-state index contributed by atoms with van der Waals surface area (Å²) < 4.78 is 25.7. The smallest absolute Gasteiger partial charge is 0.338 e. The fraction of sp³-hybridized carbons (Fsp3) is 0.237. The molecule has 12 heteroatoms. The maximum atomic E-state index is 14.4. The highest BCUT2D eigenvalue weighted by Crippen LogP contribution is 2.36. The van der Waals surface area contributed by atoms with Gasteiger partial charge in [-0.25, -0.2) is 14.5 Å². The van der Waals surface area contributed by atoms with Crippen LogP contribution in [-0.4, -0.2) is 46.6 Å². The van der Waals surface area contributed by atoms with Gasteiger partial charge in [-0.15, -0.1) is 0 Å². The minimum Gasteiger partial charge on any atom is -0.494 e. The van der Waals surface area contributed by atoms with Crippen LogP contribution in [0.25, 0.3) is 23.0 Å². The Morgan fingerprint density at radius 3 is 2.44 bits per heavy atom. The molecule has 3 heterocycles. The third-order valence-electron chi connectivity index (χ3n) is 7.92. The maximum Gasteiger partial charge on any atom is 0.338 e. The molecule has 1 atom stereocenters. The Hall–Kier alpha value is -5.75. The zero-order chi connectivity index (χ0) is 35.4. The number of rotatable bonds is 11. The summed E-state index contributed by atoms with van der Waals surface area (Å²) in [6, 6.07) is 21.5. The van der Waals surface area contributed by atoms with Crippen LogP contribution in [-0.2, 0) is 14.3 Å². The van der Waals surface area contributed by atoms with Crippen LogP contribution >= 0.6 is 11.3 Å². The molecule has 256 valence electrons. The quantitative estimate of drug-likeness (QED) is 0.134. The van der Waals surface area contributed by atoms with Gasteiger partial charge in [-0.2, -0.15) is 5.10 Å². The van der Waals surface area contributed by atoms with E-state index in [4.69, 9.17) is 29.0 Å². The Kier molecular flexibility index (Phi) is 10.1. The van der Waals surface area contributed by atoms with Crippen LogP contribution in [0.3, 0.4) is 0 Å². The van der Waals surface area contributed by atoms with Crippen molar-refractivity contribution in [2.45, 2.75) is 40.2 Å². The van der Waals surface area contributed by atoms with E-state index in [-0.39, 0.29) is 29.2 Å². The van der Waals surface area contributed by atoms with Gasteiger partial charge in [0.15, 0.2) is 16.3 Å². The second-order valence-electron chi connectivity index (χ2n) is 11.4. The molecule has 50 heavy (non-hydrogen) atoms. The van der Waals surface area contributed by atoms with Gasteiger partial charge in [0.25, 0.3) is 5.56 Å². The summed E-state index contributed by atoms with van der Waals surface area (Å²) in [7, 11) is 1.45. The Bertz CT molecular complexity index is 2270. The van der Waals surface area contributed by atoms with Crippen LogP contribution in [0.2, 0.25) is 0 Å². The van der Waals surface area contributed by atoms with Gasteiger partial charge in [-0.1, -0.05) is 42.5 Å². The first kappa shape index (κ1) is 34.1. The highest BCUT2D eigenvalue weighted by atomic mass is 32.1. The SMILES string of the molecule is CCCOc1ccc(-c2nn(-c3ccccc3)cc2/C=c2/sc3n(c2=O)C(c2ccc(OC(C)=O)c(OC)c2)C(C(=O)OCC)=C(C)N=3)cc1. The van der Waals surface area contributed by atoms with Gasteiger partial charge in [0, 0.05) is 24.2 Å². The Morgan fingerprint density at radius 2 is 1.76 bits per heavy atom. The number of carbonyl (C=O) groups is 2. The number of thiazole rings is 1. The first-order valence-electron chi connectivity index (χ1n) is 16.2. The molecule has 6 rings (SSSR count). The van der Waals surface area contributed by atoms with Gasteiger partial charge in [0.1, 0.15) is 11.4 Å². The van der Waals surface area contributed by atoms with E-state index in [2.05, 4.69) is 6.92 Å². The monoisotopic (exact) mass is 692 g/mol. The topological polar surface area (TPSA) is 123 Å². The van der Waals surface area contributed by atoms with E-state index in [0.717, 1.165) is 23.4 Å². The van der Waals surface area contributed by atoms with Crippen molar-refractivity contribution >= 4 is 29.4 Å². The van der Waals surface area contributed by atoms with Crippen molar-refractivity contribution in [2.75, 3.05) is 20.3 Å².